The van der Waals surface area contributed by atoms with E-state index in [0.717, 1.165) is 0 Å². The van der Waals surface area contributed by atoms with Crippen molar-refractivity contribution in [2.45, 2.75) is 4.90 Å². The summed E-state index contributed by atoms with van der Waals surface area (Å²) in [4.78, 5) is 16.9. The largest absolute Gasteiger partial charge is 0.606 e. The molecule has 1 aliphatic rings. The Hall–Kier alpha value is -2.11. The van der Waals surface area contributed by atoms with Crippen LogP contribution in [-0.4, -0.2) is 15.3 Å². The molecule has 19 heavy (non-hydrogen) atoms. The predicted octanol–water partition coefficient (Wildman–Crippen LogP) is 1.71. The molecule has 5 heteroatoms. The van der Waals surface area contributed by atoms with E-state index in [1.54, 1.807) is 48.8 Å². The topological polar surface area (TPSA) is 79.0 Å². The lowest BCUT2D eigenvalue weighted by atomic mass is 10.1. The van der Waals surface area contributed by atoms with Gasteiger partial charge >= 0.3 is 0 Å². The van der Waals surface area contributed by atoms with Crippen LogP contribution in [-0.2, 0) is 11.2 Å². The number of ketones is 1. The lowest BCUT2D eigenvalue weighted by Crippen LogP contribution is -2.11. The Morgan fingerprint density at radius 2 is 1.84 bits per heavy atom. The molecule has 0 aliphatic carbocycles. The molecule has 3 rings (SSSR count). The number of rotatable bonds is 1. The Bertz CT molecular complexity index is 683. The Kier molecular flexibility index (Phi) is 2.85. The van der Waals surface area contributed by atoms with E-state index < -0.39 is 11.2 Å². The molecule has 0 amide bonds. The number of Topliss-reactive ketones (excluding diaryl/α,β-unsaturated/α-hetero) is 1. The summed E-state index contributed by atoms with van der Waals surface area (Å²) in [7, 11) is 0. The molecule has 4 nitrogen and oxygen atoms in total. The maximum absolute atomic E-state index is 12.4. The summed E-state index contributed by atoms with van der Waals surface area (Å²) in [5.41, 5.74) is 7.37. The Labute approximate surface area is 113 Å². The summed E-state index contributed by atoms with van der Waals surface area (Å²) in [5.74, 6) is -0.261. The molecule has 2 aromatic rings. The van der Waals surface area contributed by atoms with Crippen LogP contribution in [0.1, 0.15) is 15.9 Å². The minimum absolute atomic E-state index is 0.160. The maximum Gasteiger partial charge on any atom is 0.248 e. The molecule has 2 N–H and O–H groups in total. The van der Waals surface area contributed by atoms with Crippen molar-refractivity contribution in [2.75, 3.05) is 0 Å². The Morgan fingerprint density at radius 3 is 2.53 bits per heavy atom. The molecular weight excluding hydrogens is 260 g/mol. The molecule has 0 saturated heterocycles. The molecule has 1 aromatic heterocycles. The smallest absolute Gasteiger partial charge is 0.248 e. The molecule has 1 atom stereocenters. The average Bonchev–Trinajstić information content (AvgIpc) is 2.72. The molecule has 1 unspecified atom stereocenters. The zero-order chi connectivity index (χ0) is 13.4. The maximum atomic E-state index is 12.4. The predicted molar refractivity (Wildman–Crippen MR) is 72.5 cm³/mol. The second kappa shape index (κ2) is 4.53. The van der Waals surface area contributed by atoms with Crippen molar-refractivity contribution in [3.63, 3.8) is 0 Å². The minimum atomic E-state index is -1.51. The highest BCUT2D eigenvalue weighted by Crippen LogP contribution is 2.36. The quantitative estimate of drug-likeness (QED) is 0.632. The summed E-state index contributed by atoms with van der Waals surface area (Å²) in [5, 5.41) is 0. The number of hydrogen-bond donors (Lipinski definition) is 1. The first-order chi connectivity index (χ1) is 9.20. The number of benzene rings is 1. The average molecular weight is 270 g/mol. The lowest BCUT2D eigenvalue weighted by Gasteiger charge is -2.07. The van der Waals surface area contributed by atoms with E-state index in [4.69, 9.17) is 5.73 Å². The first-order valence-corrected chi connectivity index (χ1v) is 6.81. The summed E-state index contributed by atoms with van der Waals surface area (Å²) < 4.78 is 12.4. The van der Waals surface area contributed by atoms with Gasteiger partial charge in [0.15, 0.2) is 4.90 Å². The highest BCUT2D eigenvalue weighted by Gasteiger charge is 2.41. The van der Waals surface area contributed by atoms with Crippen LogP contribution in [0.25, 0.3) is 5.70 Å². The van der Waals surface area contributed by atoms with Crippen LogP contribution in [0.4, 0.5) is 0 Å². The fourth-order valence-corrected chi connectivity index (χ4v) is 3.40. The third-order valence-corrected chi connectivity index (χ3v) is 4.49. The van der Waals surface area contributed by atoms with Gasteiger partial charge in [0.1, 0.15) is 0 Å². The number of carbonyl (C=O) groups excluding carboxylic acids is 1. The van der Waals surface area contributed by atoms with Crippen LogP contribution >= 0.6 is 0 Å². The van der Waals surface area contributed by atoms with Gasteiger partial charge < -0.3 is 10.3 Å². The van der Waals surface area contributed by atoms with E-state index in [1.807, 2.05) is 0 Å². The molecule has 0 saturated carbocycles. The van der Waals surface area contributed by atoms with E-state index in [1.165, 1.54) is 0 Å². The van der Waals surface area contributed by atoms with E-state index in [0.29, 0.717) is 16.0 Å². The van der Waals surface area contributed by atoms with Crippen molar-refractivity contribution in [2.24, 2.45) is 5.73 Å². The molecule has 1 aromatic carbocycles. The number of nitrogens with zero attached hydrogens (tertiary/aromatic N) is 1. The molecule has 0 bridgehead atoms. The first kappa shape index (κ1) is 12.0. The third kappa shape index (κ3) is 1.83. The summed E-state index contributed by atoms with van der Waals surface area (Å²) >= 11 is -1.51. The molecule has 2 heterocycles. The van der Waals surface area contributed by atoms with Crippen LogP contribution in [0.2, 0.25) is 0 Å². The van der Waals surface area contributed by atoms with E-state index >= 15 is 0 Å². The van der Waals surface area contributed by atoms with Crippen LogP contribution in [0.5, 0.6) is 0 Å². The van der Waals surface area contributed by atoms with Gasteiger partial charge in [0.2, 0.25) is 10.7 Å². The molecule has 0 spiro atoms. The fraction of sp³-hybridized carbons (Fsp3) is 0. The van der Waals surface area contributed by atoms with Crippen molar-refractivity contribution in [1.29, 1.82) is 0 Å². The Balaban J connectivity index is 2.16. The number of allylic oxidation sites excluding steroid dienone is 1. The van der Waals surface area contributed by atoms with Gasteiger partial charge in [-0.25, -0.2) is 0 Å². The summed E-state index contributed by atoms with van der Waals surface area (Å²) in [6.07, 6.45) is 3.16. The minimum Gasteiger partial charge on any atom is -0.606 e. The molecule has 0 radical (unpaired) electrons. The van der Waals surface area contributed by atoms with Crippen molar-refractivity contribution < 1.29 is 9.35 Å². The van der Waals surface area contributed by atoms with Gasteiger partial charge in [-0.15, -0.1) is 0 Å². The van der Waals surface area contributed by atoms with Gasteiger partial charge in [-0.3, -0.25) is 9.78 Å². The monoisotopic (exact) mass is 270 g/mol. The molecule has 0 fully saturated rings. The van der Waals surface area contributed by atoms with Gasteiger partial charge in [0, 0.05) is 29.1 Å². The third-order valence-electron chi connectivity index (χ3n) is 2.96. The molecule has 1 aliphatic heterocycles. The number of carbonyl (C=O) groups is 1. The van der Waals surface area contributed by atoms with Crippen molar-refractivity contribution in [3.8, 4) is 0 Å². The van der Waals surface area contributed by atoms with E-state index in [9.17, 15) is 9.35 Å². The van der Waals surface area contributed by atoms with Crippen molar-refractivity contribution in [3.05, 3.63) is 64.8 Å². The van der Waals surface area contributed by atoms with E-state index in [-0.39, 0.29) is 16.4 Å². The second-order valence-corrected chi connectivity index (χ2v) is 5.46. The van der Waals surface area contributed by atoms with Crippen LogP contribution < -0.4 is 5.73 Å². The van der Waals surface area contributed by atoms with Gasteiger partial charge in [0.05, 0.1) is 11.3 Å². The highest BCUT2D eigenvalue weighted by atomic mass is 32.2. The summed E-state index contributed by atoms with van der Waals surface area (Å²) in [6, 6.07) is 10.2. The normalized spacial score (nSPS) is 20.3. The molecular formula is C14H10N2O2S. The number of nitrogens with two attached hydrogens (primary N) is 1. The molecule has 94 valence electrons. The van der Waals surface area contributed by atoms with Crippen molar-refractivity contribution in [1.82, 2.24) is 4.98 Å². The first-order valence-electron chi connectivity index (χ1n) is 5.66. The number of pyridine rings is 1. The van der Waals surface area contributed by atoms with Gasteiger partial charge in [-0.2, -0.15) is 0 Å². The van der Waals surface area contributed by atoms with Gasteiger partial charge in [-0.05, 0) is 24.3 Å². The zero-order valence-electron chi connectivity index (χ0n) is 9.87. The number of fused-ring (bicyclic) bond motifs is 1. The fourth-order valence-electron chi connectivity index (χ4n) is 2.02. The van der Waals surface area contributed by atoms with Crippen molar-refractivity contribution >= 4 is 22.7 Å². The van der Waals surface area contributed by atoms with Crippen LogP contribution in [0.3, 0.4) is 0 Å². The highest BCUT2D eigenvalue weighted by molar-refractivity contribution is 7.97. The lowest BCUT2D eigenvalue weighted by molar-refractivity contribution is 0.104. The standard InChI is InChI=1S/C14H10N2O2S/c15-12(9-5-7-16-8-6-9)14-13(17)10-3-1-2-4-11(10)19(14)18/h1-8H,15H2/b14-12+. The number of hydrogen-bond acceptors (Lipinski definition) is 4. The Morgan fingerprint density at radius 1 is 1.16 bits per heavy atom. The zero-order valence-corrected chi connectivity index (χ0v) is 10.7. The van der Waals surface area contributed by atoms with Crippen LogP contribution in [0.15, 0.2) is 58.6 Å². The second-order valence-electron chi connectivity index (χ2n) is 4.07. The van der Waals surface area contributed by atoms with Gasteiger partial charge in [-0.1, -0.05) is 12.1 Å². The number of aromatic nitrogens is 1. The SMILES string of the molecule is N/C(=C1\C(=O)c2ccccc2[S+]1[O-])c1ccncc1. The van der Waals surface area contributed by atoms with Crippen LogP contribution in [0, 0.1) is 0 Å². The summed E-state index contributed by atoms with van der Waals surface area (Å²) in [6.45, 7) is 0. The van der Waals surface area contributed by atoms with Gasteiger partial charge in [0.25, 0.3) is 0 Å². The van der Waals surface area contributed by atoms with E-state index in [2.05, 4.69) is 4.98 Å².